The second-order valence-electron chi connectivity index (χ2n) is 9.10. The summed E-state index contributed by atoms with van der Waals surface area (Å²) < 4.78 is 20.9. The summed E-state index contributed by atoms with van der Waals surface area (Å²) in [5.41, 5.74) is 2.22. The molecular formula is C28H30FN5O3. The number of halogens is 1. The zero-order chi connectivity index (χ0) is 26.4. The lowest BCUT2D eigenvalue weighted by Gasteiger charge is -2.32. The van der Waals surface area contributed by atoms with Crippen molar-refractivity contribution < 1.29 is 18.7 Å². The fourth-order valence-corrected chi connectivity index (χ4v) is 4.13. The minimum Gasteiger partial charge on any atom is -0.495 e. The van der Waals surface area contributed by atoms with Crippen molar-refractivity contribution in [1.29, 1.82) is 0 Å². The Bertz CT molecular complexity index is 1370. The van der Waals surface area contributed by atoms with Gasteiger partial charge in [0.25, 0.3) is 0 Å². The molecule has 0 saturated heterocycles. The first-order chi connectivity index (χ1) is 17.9. The highest BCUT2D eigenvalue weighted by atomic mass is 19.1. The van der Waals surface area contributed by atoms with Crippen LogP contribution >= 0.6 is 0 Å². The number of hydrogen-bond acceptors (Lipinski definition) is 5. The molecule has 1 N–H and O–H groups in total. The number of ether oxygens (including phenoxy) is 1. The highest BCUT2D eigenvalue weighted by molar-refractivity contribution is 6.02. The van der Waals surface area contributed by atoms with E-state index in [1.165, 1.54) is 41.0 Å². The number of nitrogens with zero attached hydrogens (tertiary/aromatic N) is 4. The lowest BCUT2D eigenvalue weighted by molar-refractivity contribution is -0.127. The molecule has 0 fully saturated rings. The van der Waals surface area contributed by atoms with Gasteiger partial charge in [0.15, 0.2) is 0 Å². The molecule has 0 bridgehead atoms. The Morgan fingerprint density at radius 1 is 1.03 bits per heavy atom. The monoisotopic (exact) mass is 503 g/mol. The molecular weight excluding hydrogens is 473 g/mol. The number of benzene rings is 3. The van der Waals surface area contributed by atoms with Crippen LogP contribution in [0, 0.1) is 11.7 Å². The number of aromatic nitrogens is 3. The van der Waals surface area contributed by atoms with E-state index in [0.717, 1.165) is 6.42 Å². The van der Waals surface area contributed by atoms with E-state index in [1.54, 1.807) is 24.3 Å². The third-order valence-electron chi connectivity index (χ3n) is 6.03. The molecule has 1 atom stereocenters. The number of hydrogen-bond donors (Lipinski definition) is 1. The average molecular weight is 504 g/mol. The van der Waals surface area contributed by atoms with Crippen LogP contribution in [-0.2, 0) is 16.1 Å². The second kappa shape index (κ2) is 11.6. The number of fused-ring (bicyclic) bond motifs is 1. The van der Waals surface area contributed by atoms with Gasteiger partial charge in [-0.1, -0.05) is 55.5 Å². The van der Waals surface area contributed by atoms with Crippen molar-refractivity contribution in [2.24, 2.45) is 5.92 Å². The lowest BCUT2D eigenvalue weighted by atomic mass is 10.0. The van der Waals surface area contributed by atoms with Crippen molar-refractivity contribution in [3.05, 3.63) is 84.2 Å². The molecule has 0 aliphatic rings. The first-order valence-electron chi connectivity index (χ1n) is 12.2. The Hall–Kier alpha value is -4.27. The summed E-state index contributed by atoms with van der Waals surface area (Å²) in [7, 11) is 1.50. The van der Waals surface area contributed by atoms with E-state index >= 15 is 0 Å². The molecule has 0 radical (unpaired) electrons. The van der Waals surface area contributed by atoms with Crippen molar-refractivity contribution in [1.82, 2.24) is 20.3 Å². The van der Waals surface area contributed by atoms with Crippen LogP contribution in [0.4, 0.5) is 10.1 Å². The largest absolute Gasteiger partial charge is 0.495 e. The topological polar surface area (TPSA) is 89.3 Å². The first-order valence-corrected chi connectivity index (χ1v) is 12.2. The molecule has 37 heavy (non-hydrogen) atoms. The first kappa shape index (κ1) is 25.8. The number of carbonyl (C=O) groups excluding carboxylic acids is 2. The average Bonchev–Trinajstić information content (AvgIpc) is 3.30. The van der Waals surface area contributed by atoms with Gasteiger partial charge >= 0.3 is 0 Å². The Labute approximate surface area is 215 Å². The van der Waals surface area contributed by atoms with Crippen molar-refractivity contribution in [3.8, 4) is 5.75 Å². The predicted molar refractivity (Wildman–Crippen MR) is 140 cm³/mol. The van der Waals surface area contributed by atoms with Crippen molar-refractivity contribution in [3.63, 3.8) is 0 Å². The van der Waals surface area contributed by atoms with Crippen LogP contribution in [0.15, 0.2) is 72.8 Å². The number of anilines is 1. The Morgan fingerprint density at radius 2 is 1.73 bits per heavy atom. The Kier molecular flexibility index (Phi) is 8.12. The number of carbonyl (C=O) groups is 2. The summed E-state index contributed by atoms with van der Waals surface area (Å²) in [6.07, 6.45) is 0.773. The highest BCUT2D eigenvalue weighted by Gasteiger charge is 2.34. The van der Waals surface area contributed by atoms with Crippen LogP contribution in [0.1, 0.15) is 31.9 Å². The van der Waals surface area contributed by atoms with E-state index in [4.69, 9.17) is 4.74 Å². The molecule has 3 aromatic carbocycles. The van der Waals surface area contributed by atoms with Gasteiger partial charge in [0.1, 0.15) is 29.7 Å². The molecule has 2 amide bonds. The molecule has 8 nitrogen and oxygen atoms in total. The third kappa shape index (κ3) is 5.94. The van der Waals surface area contributed by atoms with Gasteiger partial charge in [0, 0.05) is 6.54 Å². The van der Waals surface area contributed by atoms with Crippen molar-refractivity contribution in [2.45, 2.75) is 32.9 Å². The maximum Gasteiger partial charge on any atom is 0.249 e. The molecule has 192 valence electrons. The van der Waals surface area contributed by atoms with E-state index in [2.05, 4.69) is 29.5 Å². The molecule has 4 aromatic rings. The number of para-hydroxylation sites is 3. The van der Waals surface area contributed by atoms with Gasteiger partial charge in [-0.15, -0.1) is 5.10 Å². The van der Waals surface area contributed by atoms with Gasteiger partial charge in [-0.05, 0) is 54.3 Å². The predicted octanol–water partition coefficient (Wildman–Crippen LogP) is 4.52. The lowest BCUT2D eigenvalue weighted by Crippen LogP contribution is -2.45. The summed E-state index contributed by atoms with van der Waals surface area (Å²) in [6, 6.07) is 18.8. The molecule has 0 spiro atoms. The minimum absolute atomic E-state index is 0.171. The maximum absolute atomic E-state index is 14.0. The normalized spacial score (nSPS) is 11.9. The van der Waals surface area contributed by atoms with Gasteiger partial charge in [0.05, 0.1) is 18.3 Å². The Morgan fingerprint density at radius 3 is 2.46 bits per heavy atom. The van der Waals surface area contributed by atoms with Crippen molar-refractivity contribution in [2.75, 3.05) is 18.6 Å². The van der Waals surface area contributed by atoms with E-state index in [0.29, 0.717) is 40.5 Å². The molecule has 1 unspecified atom stereocenters. The summed E-state index contributed by atoms with van der Waals surface area (Å²) in [6.45, 7) is 4.40. The summed E-state index contributed by atoms with van der Waals surface area (Å²) in [5, 5.41) is 11.2. The van der Waals surface area contributed by atoms with Crippen LogP contribution in [0.25, 0.3) is 11.0 Å². The van der Waals surface area contributed by atoms with Gasteiger partial charge in [-0.2, -0.15) is 0 Å². The minimum atomic E-state index is -1.08. The smallest absolute Gasteiger partial charge is 0.249 e. The molecule has 1 heterocycles. The molecule has 0 aliphatic heterocycles. The number of methoxy groups -OCH3 is 1. The van der Waals surface area contributed by atoms with Gasteiger partial charge in [-0.3, -0.25) is 14.5 Å². The number of amides is 2. The van der Waals surface area contributed by atoms with E-state index in [1.807, 2.05) is 24.3 Å². The maximum atomic E-state index is 14.0. The zero-order valence-corrected chi connectivity index (χ0v) is 21.1. The van der Waals surface area contributed by atoms with Crippen LogP contribution < -0.4 is 15.0 Å². The van der Waals surface area contributed by atoms with E-state index < -0.39 is 17.8 Å². The fourth-order valence-electron chi connectivity index (χ4n) is 4.13. The van der Waals surface area contributed by atoms with Crippen molar-refractivity contribution >= 4 is 28.5 Å². The second-order valence-corrected chi connectivity index (χ2v) is 9.10. The highest BCUT2D eigenvalue weighted by Crippen LogP contribution is 2.35. The molecule has 1 aromatic heterocycles. The summed E-state index contributed by atoms with van der Waals surface area (Å²) in [5.74, 6) is -0.422. The molecule has 0 saturated carbocycles. The number of rotatable bonds is 10. The Balaban J connectivity index is 1.79. The van der Waals surface area contributed by atoms with E-state index in [9.17, 15) is 14.0 Å². The third-order valence-corrected chi connectivity index (χ3v) is 6.03. The number of nitrogens with one attached hydrogen (secondary N) is 1. The van der Waals surface area contributed by atoms with Crippen LogP contribution in [0.2, 0.25) is 0 Å². The standard InChI is InChI=1S/C28H30FN5O3/c1-19(2)16-17-30-28(36)27(20-12-14-21(29)15-13-20)34(24-10-6-7-11-25(24)37-3)26(35)18-33-23-9-5-4-8-22(23)31-32-33/h4-15,19,27H,16-18H2,1-3H3,(H,30,36). The van der Waals surface area contributed by atoms with Gasteiger partial charge < -0.3 is 10.1 Å². The molecule has 9 heteroatoms. The summed E-state index contributed by atoms with van der Waals surface area (Å²) >= 11 is 0. The van der Waals surface area contributed by atoms with Crippen LogP contribution in [-0.4, -0.2) is 40.5 Å². The zero-order valence-electron chi connectivity index (χ0n) is 21.1. The fraction of sp³-hybridized carbons (Fsp3) is 0.286. The molecule has 4 rings (SSSR count). The van der Waals surface area contributed by atoms with Gasteiger partial charge in [0.2, 0.25) is 11.8 Å². The van der Waals surface area contributed by atoms with Crippen LogP contribution in [0.5, 0.6) is 5.75 Å². The molecule has 0 aliphatic carbocycles. The van der Waals surface area contributed by atoms with Crippen LogP contribution in [0.3, 0.4) is 0 Å². The van der Waals surface area contributed by atoms with E-state index in [-0.39, 0.29) is 12.5 Å². The van der Waals surface area contributed by atoms with Gasteiger partial charge in [-0.25, -0.2) is 9.07 Å². The SMILES string of the molecule is COc1ccccc1N(C(=O)Cn1nnc2ccccc21)C(C(=O)NCCC(C)C)c1ccc(F)cc1. The quantitative estimate of drug-likeness (QED) is 0.344. The summed E-state index contributed by atoms with van der Waals surface area (Å²) in [4.78, 5) is 29.1.